The van der Waals surface area contributed by atoms with E-state index in [1.165, 1.54) is 5.39 Å². The number of benzene rings is 8. The number of nitrogens with zero attached hydrogens (tertiary/aromatic N) is 2. The first kappa shape index (κ1) is 33.2. The number of hydrogen-bond acceptors (Lipinski definition) is 3. The van der Waals surface area contributed by atoms with Gasteiger partial charge in [0.15, 0.2) is 13.0 Å². The minimum Gasteiger partial charge on any atom is -0.309 e. The third kappa shape index (κ3) is 6.26. The van der Waals surface area contributed by atoms with Gasteiger partial charge in [0.2, 0.25) is 0 Å². The van der Waals surface area contributed by atoms with Gasteiger partial charge in [0, 0.05) is 32.6 Å². The van der Waals surface area contributed by atoms with Crippen LogP contribution >= 0.6 is 7.14 Å². The van der Waals surface area contributed by atoms with E-state index in [-0.39, 0.29) is 0 Å². The van der Waals surface area contributed by atoms with E-state index in [4.69, 9.17) is 9.97 Å². The minimum atomic E-state index is -3.06. The van der Waals surface area contributed by atoms with E-state index in [1.807, 2.05) is 121 Å². The van der Waals surface area contributed by atoms with Crippen molar-refractivity contribution in [3.05, 3.63) is 212 Å². The van der Waals surface area contributed by atoms with E-state index in [1.54, 1.807) is 0 Å². The summed E-state index contributed by atoms with van der Waals surface area (Å²) in [6.45, 7) is 0. The van der Waals surface area contributed by atoms with Gasteiger partial charge in [-0.3, -0.25) is 0 Å². The lowest BCUT2D eigenvalue weighted by Crippen LogP contribution is -2.24. The Kier molecular flexibility index (Phi) is 8.84. The van der Waals surface area contributed by atoms with Crippen molar-refractivity contribution in [1.29, 1.82) is 0 Å². The maximum atomic E-state index is 15.0. The van der Waals surface area contributed by atoms with E-state index >= 15 is 0 Å². The lowest BCUT2D eigenvalue weighted by atomic mass is 9.91. The quantitative estimate of drug-likeness (QED) is 0.147. The molecular formula is C50H35N2OP. The van der Waals surface area contributed by atoms with Crippen LogP contribution in [-0.4, -0.2) is 9.97 Å². The van der Waals surface area contributed by atoms with E-state index in [2.05, 4.69) is 91.0 Å². The van der Waals surface area contributed by atoms with Gasteiger partial charge >= 0.3 is 0 Å². The van der Waals surface area contributed by atoms with E-state index in [9.17, 15) is 4.57 Å². The first-order chi connectivity index (χ1) is 26.6. The average molecular weight is 711 g/mol. The molecule has 0 atom stereocenters. The van der Waals surface area contributed by atoms with Crippen molar-refractivity contribution in [2.24, 2.45) is 0 Å². The molecule has 9 aromatic rings. The molecule has 4 heteroatoms. The van der Waals surface area contributed by atoms with Crippen LogP contribution in [0.15, 0.2) is 212 Å². The zero-order valence-electron chi connectivity index (χ0n) is 29.5. The summed E-state index contributed by atoms with van der Waals surface area (Å²) in [4.78, 5) is 9.97. The van der Waals surface area contributed by atoms with Crippen molar-refractivity contribution in [3.8, 4) is 56.2 Å². The van der Waals surface area contributed by atoms with Crippen LogP contribution in [0.4, 0.5) is 0 Å². The van der Waals surface area contributed by atoms with Gasteiger partial charge in [0.1, 0.15) is 0 Å². The summed E-state index contributed by atoms with van der Waals surface area (Å²) >= 11 is 0. The second-order valence-electron chi connectivity index (χ2n) is 13.3. The first-order valence-corrected chi connectivity index (χ1v) is 19.8. The molecule has 1 aromatic heterocycles. The number of fused-ring (bicyclic) bond motifs is 1. The molecule has 3 nitrogen and oxygen atoms in total. The van der Waals surface area contributed by atoms with Crippen molar-refractivity contribution < 1.29 is 4.57 Å². The third-order valence-electron chi connectivity index (χ3n) is 10.0. The van der Waals surface area contributed by atoms with Crippen LogP contribution in [0.3, 0.4) is 0 Å². The second kappa shape index (κ2) is 14.4. The lowest BCUT2D eigenvalue weighted by Gasteiger charge is -2.20. The van der Waals surface area contributed by atoms with E-state index in [0.29, 0.717) is 5.82 Å². The van der Waals surface area contributed by atoms with Crippen molar-refractivity contribution in [3.63, 3.8) is 0 Å². The molecular weight excluding hydrogens is 676 g/mol. The molecule has 0 aliphatic carbocycles. The number of aromatic nitrogens is 2. The SMILES string of the molecule is O=P(c1ccccc1)(c1ccccc1)c1ccc(-c2ccc(-c3ccc(-c4cc(-c5ccccc5)nc(-c5ccccc5)n4)cc3)c3ccccc23)cc1. The maximum Gasteiger partial charge on any atom is 0.171 e. The molecule has 8 aromatic carbocycles. The summed E-state index contributed by atoms with van der Waals surface area (Å²) in [5.74, 6) is 0.702. The zero-order valence-corrected chi connectivity index (χ0v) is 30.4. The zero-order chi connectivity index (χ0) is 36.3. The fraction of sp³-hybridized carbons (Fsp3) is 0. The summed E-state index contributed by atoms with van der Waals surface area (Å²) in [6.07, 6.45) is 0. The molecule has 0 aliphatic rings. The Morgan fingerprint density at radius 3 is 1.15 bits per heavy atom. The molecule has 1 heterocycles. The predicted molar refractivity (Wildman–Crippen MR) is 226 cm³/mol. The van der Waals surface area contributed by atoms with E-state index < -0.39 is 7.14 Å². The van der Waals surface area contributed by atoms with Gasteiger partial charge in [-0.1, -0.05) is 206 Å². The first-order valence-electron chi connectivity index (χ1n) is 18.1. The van der Waals surface area contributed by atoms with Crippen molar-refractivity contribution in [2.75, 3.05) is 0 Å². The largest absolute Gasteiger partial charge is 0.309 e. The summed E-state index contributed by atoms with van der Waals surface area (Å²) in [5.41, 5.74) is 9.33. The van der Waals surface area contributed by atoms with Gasteiger partial charge in [0.05, 0.1) is 11.4 Å². The topological polar surface area (TPSA) is 42.9 Å². The van der Waals surface area contributed by atoms with Crippen LogP contribution < -0.4 is 15.9 Å². The smallest absolute Gasteiger partial charge is 0.171 e. The fourth-order valence-corrected chi connectivity index (χ4v) is 9.91. The van der Waals surface area contributed by atoms with Gasteiger partial charge in [-0.05, 0) is 39.1 Å². The highest BCUT2D eigenvalue weighted by molar-refractivity contribution is 7.85. The molecule has 0 radical (unpaired) electrons. The Bertz CT molecular complexity index is 2650. The monoisotopic (exact) mass is 710 g/mol. The minimum absolute atomic E-state index is 0.702. The predicted octanol–water partition coefficient (Wildman–Crippen LogP) is 11.6. The van der Waals surface area contributed by atoms with Crippen molar-refractivity contribution >= 4 is 33.8 Å². The Morgan fingerprint density at radius 2 is 0.667 bits per heavy atom. The Labute approximate surface area is 315 Å². The Hall–Kier alpha value is -6.67. The highest BCUT2D eigenvalue weighted by Gasteiger charge is 2.29. The normalized spacial score (nSPS) is 11.4. The Balaban J connectivity index is 1.07. The van der Waals surface area contributed by atoms with Crippen molar-refractivity contribution in [2.45, 2.75) is 0 Å². The summed E-state index contributed by atoms with van der Waals surface area (Å²) in [6, 6.07) is 72.1. The lowest BCUT2D eigenvalue weighted by molar-refractivity contribution is 0.592. The molecule has 54 heavy (non-hydrogen) atoms. The molecule has 0 saturated heterocycles. The summed E-state index contributed by atoms with van der Waals surface area (Å²) in [7, 11) is -3.06. The van der Waals surface area contributed by atoms with Crippen LogP contribution in [0, 0.1) is 0 Å². The van der Waals surface area contributed by atoms with Gasteiger partial charge in [-0.25, -0.2) is 9.97 Å². The number of rotatable bonds is 8. The van der Waals surface area contributed by atoms with Gasteiger partial charge < -0.3 is 4.57 Å². The highest BCUT2D eigenvalue weighted by Crippen LogP contribution is 2.43. The second-order valence-corrected chi connectivity index (χ2v) is 16.1. The molecule has 0 spiro atoms. The van der Waals surface area contributed by atoms with Crippen LogP contribution in [0.5, 0.6) is 0 Å². The average Bonchev–Trinajstić information content (AvgIpc) is 3.27. The van der Waals surface area contributed by atoms with Crippen LogP contribution in [0.25, 0.3) is 66.9 Å². The molecule has 0 amide bonds. The summed E-state index contributed by atoms with van der Waals surface area (Å²) < 4.78 is 15.0. The molecule has 0 N–H and O–H groups in total. The van der Waals surface area contributed by atoms with Crippen LogP contribution in [0.2, 0.25) is 0 Å². The van der Waals surface area contributed by atoms with Crippen LogP contribution in [0.1, 0.15) is 0 Å². The molecule has 256 valence electrons. The maximum absolute atomic E-state index is 15.0. The van der Waals surface area contributed by atoms with Crippen molar-refractivity contribution in [1.82, 2.24) is 9.97 Å². The van der Waals surface area contributed by atoms with Gasteiger partial charge in [0.25, 0.3) is 0 Å². The summed E-state index contributed by atoms with van der Waals surface area (Å²) in [5, 5.41) is 4.82. The molecule has 0 fully saturated rings. The molecule has 9 rings (SSSR count). The molecule has 0 aliphatic heterocycles. The fourth-order valence-electron chi connectivity index (χ4n) is 7.27. The number of hydrogen-bond donors (Lipinski definition) is 0. The standard InChI is InChI=1S/C50H35N2OP/c53-54(41-19-9-3-10-20-41,42-21-11-4-12-22-42)43-31-29-37(30-32-43)45-34-33-44(46-23-13-14-24-47(45)46)36-25-27-39(28-26-36)49-35-48(38-15-5-1-6-16-38)51-50(52-49)40-17-7-2-8-18-40/h1-35H. The Morgan fingerprint density at radius 1 is 0.315 bits per heavy atom. The van der Waals surface area contributed by atoms with Crippen LogP contribution in [-0.2, 0) is 4.57 Å². The molecule has 0 saturated carbocycles. The van der Waals surface area contributed by atoms with Gasteiger partial charge in [-0.15, -0.1) is 0 Å². The third-order valence-corrected chi connectivity index (χ3v) is 13.1. The molecule has 0 bridgehead atoms. The van der Waals surface area contributed by atoms with E-state index in [0.717, 1.165) is 71.6 Å². The highest BCUT2D eigenvalue weighted by atomic mass is 31.2. The van der Waals surface area contributed by atoms with Gasteiger partial charge in [-0.2, -0.15) is 0 Å². The molecule has 0 unspecified atom stereocenters.